The van der Waals surface area contributed by atoms with E-state index in [9.17, 15) is 0 Å². The molecule has 0 radical (unpaired) electrons. The van der Waals surface area contributed by atoms with Gasteiger partial charge < -0.3 is 0 Å². The number of unbranched alkanes of at least 4 members (excludes halogenated alkanes) is 3. The minimum atomic E-state index is -0.0871. The third-order valence-electron chi connectivity index (χ3n) is 8.12. The quantitative estimate of drug-likeness (QED) is 0.178. The predicted molar refractivity (Wildman–Crippen MR) is 180 cm³/mol. The molecule has 0 fully saturated rings. The van der Waals surface area contributed by atoms with E-state index in [1.807, 2.05) is 0 Å². The Morgan fingerprint density at radius 3 is 2.08 bits per heavy atom. The summed E-state index contributed by atoms with van der Waals surface area (Å²) < 4.78 is 0. The number of benzene rings is 4. The fourth-order valence-corrected chi connectivity index (χ4v) is 8.69. The maximum Gasteiger partial charge on any atom is 0.0525 e. The first-order chi connectivity index (χ1) is 18.5. The second-order valence-corrected chi connectivity index (χ2v) is 13.9. The molecule has 0 unspecified atom stereocenters. The molecule has 6 rings (SSSR count). The summed E-state index contributed by atoms with van der Waals surface area (Å²) in [5, 5.41) is 9.14. The van der Waals surface area contributed by atoms with Crippen molar-refractivity contribution >= 4 is 57.0 Å². The SMILES string of the molecule is CC1=Cc2c(ccc3ccccc23)C1.CCCCCC.C[SiH2]C1=C(C)Cc2ccc3c([SiH2]C)cccc3c21. The van der Waals surface area contributed by atoms with Crippen molar-refractivity contribution < 1.29 is 0 Å². The van der Waals surface area contributed by atoms with Crippen molar-refractivity contribution in [3.8, 4) is 0 Å². The fourth-order valence-electron chi connectivity index (χ4n) is 6.13. The fraction of sp³-hybridized carbons (Fsp3) is 0.333. The van der Waals surface area contributed by atoms with Crippen LogP contribution in [-0.2, 0) is 12.8 Å². The van der Waals surface area contributed by atoms with E-state index in [1.54, 1.807) is 27.1 Å². The number of allylic oxidation sites excluding steroid dienone is 2. The third kappa shape index (κ3) is 6.13. The number of hydrogen-bond donors (Lipinski definition) is 0. The molecule has 0 amide bonds. The molecule has 198 valence electrons. The van der Waals surface area contributed by atoms with Gasteiger partial charge in [-0.25, -0.2) is 0 Å². The second kappa shape index (κ2) is 13.4. The molecule has 0 nitrogen and oxygen atoms in total. The highest BCUT2D eigenvalue weighted by atomic mass is 28.2. The molecule has 2 heteroatoms. The van der Waals surface area contributed by atoms with Gasteiger partial charge in [-0.2, -0.15) is 0 Å². The Hall–Kier alpha value is -2.69. The van der Waals surface area contributed by atoms with Crippen molar-refractivity contribution in [2.24, 2.45) is 0 Å². The maximum absolute atomic E-state index is 2.42. The smallest absolute Gasteiger partial charge is 0.0525 e. The van der Waals surface area contributed by atoms with E-state index in [-0.39, 0.29) is 19.0 Å². The average Bonchev–Trinajstić information content (AvgIpc) is 3.50. The first-order valence-electron chi connectivity index (χ1n) is 14.9. The van der Waals surface area contributed by atoms with E-state index in [0.717, 1.165) is 6.42 Å². The van der Waals surface area contributed by atoms with Gasteiger partial charge in [0.1, 0.15) is 0 Å². The Labute approximate surface area is 235 Å². The molecule has 38 heavy (non-hydrogen) atoms. The Morgan fingerprint density at radius 2 is 1.37 bits per heavy atom. The van der Waals surface area contributed by atoms with Crippen molar-refractivity contribution in [2.45, 2.75) is 79.3 Å². The van der Waals surface area contributed by atoms with Gasteiger partial charge in [0.2, 0.25) is 0 Å². The monoisotopic (exact) mass is 534 g/mol. The Morgan fingerprint density at radius 1 is 0.658 bits per heavy atom. The maximum atomic E-state index is 2.42. The standard InChI is InChI=1S/C16H20Si2.C14H12.C6H14/c1-10-9-11-7-8-12-13(15(11)16(10)18-3)5-4-6-14(12)17-2;1-10-8-12-7-6-11-4-2-3-5-13(11)14(12)9-10;1-3-5-6-4-2/h4-8H,9,17-18H2,1-3H3;2-7,9H,8H2,1H3;3-6H2,1-2H3. The number of hydrogen-bond acceptors (Lipinski definition) is 0. The van der Waals surface area contributed by atoms with Crippen LogP contribution in [0, 0.1) is 0 Å². The molecule has 0 atom stereocenters. The van der Waals surface area contributed by atoms with E-state index >= 15 is 0 Å². The molecule has 2 aliphatic rings. The van der Waals surface area contributed by atoms with Gasteiger partial charge in [-0.3, -0.25) is 0 Å². The van der Waals surface area contributed by atoms with Crippen molar-refractivity contribution in [3.05, 3.63) is 100 Å². The van der Waals surface area contributed by atoms with Crippen LogP contribution in [0.3, 0.4) is 0 Å². The Balaban J connectivity index is 0.000000149. The van der Waals surface area contributed by atoms with Gasteiger partial charge in [-0.15, -0.1) is 0 Å². The Bertz CT molecular complexity index is 1470. The van der Waals surface area contributed by atoms with Crippen LogP contribution in [0.15, 0.2) is 77.9 Å². The van der Waals surface area contributed by atoms with Crippen LogP contribution >= 0.6 is 0 Å². The summed E-state index contributed by atoms with van der Waals surface area (Å²) in [6.45, 7) is 13.8. The van der Waals surface area contributed by atoms with E-state index in [2.05, 4.69) is 114 Å². The molecule has 0 saturated heterocycles. The first kappa shape index (κ1) is 28.3. The lowest BCUT2D eigenvalue weighted by Crippen LogP contribution is -2.11. The van der Waals surface area contributed by atoms with Crippen LogP contribution < -0.4 is 5.19 Å². The third-order valence-corrected chi connectivity index (χ3v) is 11.2. The van der Waals surface area contributed by atoms with Crippen LogP contribution in [0.4, 0.5) is 0 Å². The molecule has 0 N–H and O–H groups in total. The topological polar surface area (TPSA) is 0 Å². The van der Waals surface area contributed by atoms with Crippen LogP contribution in [-0.4, -0.2) is 19.0 Å². The van der Waals surface area contributed by atoms with Gasteiger partial charge in [-0.1, -0.05) is 147 Å². The summed E-state index contributed by atoms with van der Waals surface area (Å²) in [6, 6.07) is 24.8. The molecular weight excluding hydrogens is 489 g/mol. The van der Waals surface area contributed by atoms with Gasteiger partial charge in [0, 0.05) is 0 Å². The molecule has 2 aliphatic carbocycles. The second-order valence-electron chi connectivity index (χ2n) is 11.0. The molecular formula is C36H46Si2. The highest BCUT2D eigenvalue weighted by Crippen LogP contribution is 2.36. The van der Waals surface area contributed by atoms with E-state index in [0.29, 0.717) is 0 Å². The largest absolute Gasteiger partial charge is 0.0708 e. The molecule has 0 heterocycles. The van der Waals surface area contributed by atoms with E-state index in [1.165, 1.54) is 70.3 Å². The van der Waals surface area contributed by atoms with Gasteiger partial charge in [-0.05, 0) is 70.5 Å². The van der Waals surface area contributed by atoms with Crippen LogP contribution in [0.1, 0.15) is 75.6 Å². The van der Waals surface area contributed by atoms with Crippen molar-refractivity contribution in [1.29, 1.82) is 0 Å². The zero-order valence-corrected chi connectivity index (χ0v) is 27.4. The Kier molecular flexibility index (Phi) is 9.99. The van der Waals surface area contributed by atoms with Crippen LogP contribution in [0.5, 0.6) is 0 Å². The van der Waals surface area contributed by atoms with E-state index < -0.39 is 0 Å². The zero-order valence-electron chi connectivity index (χ0n) is 24.6. The molecule has 4 aromatic carbocycles. The molecule has 4 aromatic rings. The normalized spacial score (nSPS) is 14.1. The summed E-state index contributed by atoms with van der Waals surface area (Å²) in [7, 11) is -0.169. The molecule has 0 saturated carbocycles. The lowest BCUT2D eigenvalue weighted by molar-refractivity contribution is 0.702. The lowest BCUT2D eigenvalue weighted by atomic mass is 10.0. The number of rotatable bonds is 5. The zero-order chi connectivity index (χ0) is 27.1. The average molecular weight is 535 g/mol. The minimum absolute atomic E-state index is 0.0815. The van der Waals surface area contributed by atoms with Crippen molar-refractivity contribution in [1.82, 2.24) is 0 Å². The molecule has 0 aromatic heterocycles. The molecule has 0 bridgehead atoms. The van der Waals surface area contributed by atoms with Gasteiger partial charge in [0.05, 0.1) is 19.0 Å². The minimum Gasteiger partial charge on any atom is -0.0708 e. The summed E-state index contributed by atoms with van der Waals surface area (Å²) in [5.74, 6) is 0. The van der Waals surface area contributed by atoms with Gasteiger partial charge >= 0.3 is 0 Å². The first-order valence-corrected chi connectivity index (χ1v) is 19.2. The van der Waals surface area contributed by atoms with E-state index in [4.69, 9.17) is 0 Å². The van der Waals surface area contributed by atoms with Crippen molar-refractivity contribution in [2.75, 3.05) is 0 Å². The summed E-state index contributed by atoms with van der Waals surface area (Å²) in [4.78, 5) is 0. The predicted octanol–water partition coefficient (Wildman–Crippen LogP) is 8.57. The summed E-state index contributed by atoms with van der Waals surface area (Å²) in [6.07, 6.45) is 10.2. The molecule has 0 aliphatic heterocycles. The van der Waals surface area contributed by atoms with Crippen LogP contribution in [0.25, 0.3) is 32.8 Å². The van der Waals surface area contributed by atoms with Crippen molar-refractivity contribution in [3.63, 3.8) is 0 Å². The highest BCUT2D eigenvalue weighted by molar-refractivity contribution is 6.61. The van der Waals surface area contributed by atoms with Gasteiger partial charge in [0.25, 0.3) is 0 Å². The molecule has 0 spiro atoms. The van der Waals surface area contributed by atoms with Gasteiger partial charge in [0.15, 0.2) is 0 Å². The van der Waals surface area contributed by atoms with Crippen LogP contribution in [0.2, 0.25) is 13.1 Å². The lowest BCUT2D eigenvalue weighted by Gasteiger charge is -2.11. The number of fused-ring (bicyclic) bond motifs is 6. The highest BCUT2D eigenvalue weighted by Gasteiger charge is 2.20. The summed E-state index contributed by atoms with van der Waals surface area (Å²) >= 11 is 0. The summed E-state index contributed by atoms with van der Waals surface area (Å²) in [5.41, 5.74) is 9.19.